The van der Waals surface area contributed by atoms with E-state index in [-0.39, 0.29) is 5.75 Å². The molecule has 0 aromatic heterocycles. The van der Waals surface area contributed by atoms with Gasteiger partial charge in [-0.2, -0.15) is 8.42 Å². The van der Waals surface area contributed by atoms with E-state index in [1.54, 1.807) is 0 Å². The van der Waals surface area contributed by atoms with Crippen molar-refractivity contribution in [3.8, 4) is 0 Å². The summed E-state index contributed by atoms with van der Waals surface area (Å²) in [5.74, 6) is -0.215. The molecule has 4 nitrogen and oxygen atoms in total. The zero-order chi connectivity index (χ0) is 8.04. The molecule has 0 aliphatic heterocycles. The number of ether oxygens (including phenoxy) is 1. The Kier molecular flexibility index (Phi) is 4.59. The molecule has 0 atom stereocenters. The first kappa shape index (κ1) is 9.87. The Bertz CT molecular complexity index is 160. The van der Waals surface area contributed by atoms with Crippen LogP contribution in [-0.2, 0) is 14.9 Å². The van der Waals surface area contributed by atoms with E-state index in [0.717, 1.165) is 0 Å². The average molecular weight is 168 g/mol. The molecule has 0 spiro atoms. The predicted octanol–water partition coefficient (Wildman–Crippen LogP) is 0.301. The van der Waals surface area contributed by atoms with Crippen LogP contribution in [0.3, 0.4) is 0 Å². The van der Waals surface area contributed by atoms with Gasteiger partial charge in [-0.3, -0.25) is 4.55 Å². The van der Waals surface area contributed by atoms with Crippen molar-refractivity contribution in [2.45, 2.75) is 13.3 Å². The third-order valence-electron chi connectivity index (χ3n) is 0.895. The minimum absolute atomic E-state index is 0.215. The first-order chi connectivity index (χ1) is 4.56. The molecule has 0 radical (unpaired) electrons. The second-order valence-corrected chi connectivity index (χ2v) is 3.41. The van der Waals surface area contributed by atoms with Gasteiger partial charge in [0.1, 0.15) is 0 Å². The largest absolute Gasteiger partial charge is 0.382 e. The van der Waals surface area contributed by atoms with Gasteiger partial charge in [-0.15, -0.1) is 0 Å². The smallest absolute Gasteiger partial charge is 0.264 e. The third kappa shape index (κ3) is 7.87. The molecule has 0 amide bonds. The van der Waals surface area contributed by atoms with E-state index in [2.05, 4.69) is 0 Å². The van der Waals surface area contributed by atoms with Gasteiger partial charge in [0.05, 0.1) is 5.75 Å². The summed E-state index contributed by atoms with van der Waals surface area (Å²) in [6.45, 7) is 2.79. The first-order valence-corrected chi connectivity index (χ1v) is 4.70. The molecule has 62 valence electrons. The predicted molar refractivity (Wildman–Crippen MR) is 37.5 cm³/mol. The van der Waals surface area contributed by atoms with Crippen molar-refractivity contribution in [1.29, 1.82) is 0 Å². The van der Waals surface area contributed by atoms with Crippen LogP contribution in [0.1, 0.15) is 13.3 Å². The normalized spacial score (nSPS) is 11.8. The summed E-state index contributed by atoms with van der Waals surface area (Å²) in [6, 6.07) is 0. The van der Waals surface area contributed by atoms with E-state index in [9.17, 15) is 8.42 Å². The van der Waals surface area contributed by atoms with E-state index in [1.807, 2.05) is 6.92 Å². The molecule has 1 N–H and O–H groups in total. The highest BCUT2D eigenvalue weighted by atomic mass is 32.2. The first-order valence-electron chi connectivity index (χ1n) is 3.09. The van der Waals surface area contributed by atoms with Gasteiger partial charge in [-0.1, -0.05) is 0 Å². The van der Waals surface area contributed by atoms with Gasteiger partial charge in [-0.25, -0.2) is 0 Å². The maximum Gasteiger partial charge on any atom is 0.264 e. The second kappa shape index (κ2) is 4.65. The van der Waals surface area contributed by atoms with Gasteiger partial charge in [-0.05, 0) is 13.3 Å². The minimum Gasteiger partial charge on any atom is -0.382 e. The van der Waals surface area contributed by atoms with Crippen LogP contribution in [-0.4, -0.2) is 31.9 Å². The topological polar surface area (TPSA) is 63.6 Å². The molecule has 0 rings (SSSR count). The number of rotatable bonds is 5. The van der Waals surface area contributed by atoms with Crippen molar-refractivity contribution in [2.75, 3.05) is 19.0 Å². The Balaban J connectivity index is 3.21. The monoisotopic (exact) mass is 168 g/mol. The molecule has 0 aromatic carbocycles. The molecule has 0 aliphatic carbocycles. The van der Waals surface area contributed by atoms with Crippen molar-refractivity contribution in [3.05, 3.63) is 0 Å². The van der Waals surface area contributed by atoms with E-state index >= 15 is 0 Å². The van der Waals surface area contributed by atoms with E-state index < -0.39 is 10.1 Å². The Labute approximate surface area is 60.9 Å². The molecular weight excluding hydrogens is 156 g/mol. The summed E-state index contributed by atoms with van der Waals surface area (Å²) >= 11 is 0. The lowest BCUT2D eigenvalue weighted by molar-refractivity contribution is 0.148. The summed E-state index contributed by atoms with van der Waals surface area (Å²) in [5, 5.41) is 0. The van der Waals surface area contributed by atoms with Crippen LogP contribution in [0.4, 0.5) is 0 Å². The Morgan fingerprint density at radius 3 is 2.50 bits per heavy atom. The van der Waals surface area contributed by atoms with E-state index in [4.69, 9.17) is 9.29 Å². The van der Waals surface area contributed by atoms with Gasteiger partial charge < -0.3 is 4.74 Å². The van der Waals surface area contributed by atoms with Gasteiger partial charge in [0.15, 0.2) is 0 Å². The van der Waals surface area contributed by atoms with Crippen LogP contribution in [0.2, 0.25) is 0 Å². The van der Waals surface area contributed by atoms with E-state index in [0.29, 0.717) is 19.6 Å². The number of hydrogen-bond acceptors (Lipinski definition) is 3. The molecule has 10 heavy (non-hydrogen) atoms. The van der Waals surface area contributed by atoms with Crippen LogP contribution in [0.5, 0.6) is 0 Å². The summed E-state index contributed by atoms with van der Waals surface area (Å²) < 4.78 is 33.3. The van der Waals surface area contributed by atoms with Gasteiger partial charge in [0.25, 0.3) is 10.1 Å². The maximum absolute atomic E-state index is 10.1. The lowest BCUT2D eigenvalue weighted by Crippen LogP contribution is -2.06. The number of hydrogen-bond donors (Lipinski definition) is 1. The van der Waals surface area contributed by atoms with Crippen molar-refractivity contribution in [2.24, 2.45) is 0 Å². The van der Waals surface area contributed by atoms with Gasteiger partial charge in [0, 0.05) is 13.2 Å². The highest BCUT2D eigenvalue weighted by molar-refractivity contribution is 7.85. The highest BCUT2D eigenvalue weighted by Crippen LogP contribution is 1.88. The summed E-state index contributed by atoms with van der Waals surface area (Å²) in [7, 11) is -3.78. The minimum atomic E-state index is -3.78. The summed E-state index contributed by atoms with van der Waals surface area (Å²) in [4.78, 5) is 0. The molecule has 0 saturated heterocycles. The van der Waals surface area contributed by atoms with Crippen LogP contribution in [0.15, 0.2) is 0 Å². The molecule has 0 bridgehead atoms. The SMILES string of the molecule is CCOCCCS(=O)(=O)O. The third-order valence-corrected chi connectivity index (χ3v) is 1.70. The highest BCUT2D eigenvalue weighted by Gasteiger charge is 2.02. The standard InChI is InChI=1S/C5H12O4S/c1-2-9-4-3-5-10(6,7)8/h2-5H2,1H3,(H,6,7,8). The fourth-order valence-electron chi connectivity index (χ4n) is 0.488. The van der Waals surface area contributed by atoms with Crippen LogP contribution >= 0.6 is 0 Å². The van der Waals surface area contributed by atoms with Crippen molar-refractivity contribution >= 4 is 10.1 Å². The quantitative estimate of drug-likeness (QED) is 0.473. The maximum atomic E-state index is 10.1. The lowest BCUT2D eigenvalue weighted by atomic mass is 10.5. The van der Waals surface area contributed by atoms with E-state index in [1.165, 1.54) is 0 Å². The molecule has 0 heterocycles. The Hall–Kier alpha value is -0.130. The molecule has 0 fully saturated rings. The molecule has 0 unspecified atom stereocenters. The Morgan fingerprint density at radius 2 is 2.10 bits per heavy atom. The zero-order valence-electron chi connectivity index (χ0n) is 5.91. The van der Waals surface area contributed by atoms with Gasteiger partial charge >= 0.3 is 0 Å². The molecule has 0 aromatic rings. The molecule has 5 heteroatoms. The zero-order valence-corrected chi connectivity index (χ0v) is 6.73. The molecule has 0 saturated carbocycles. The van der Waals surface area contributed by atoms with Crippen LogP contribution in [0, 0.1) is 0 Å². The summed E-state index contributed by atoms with van der Waals surface area (Å²) in [6.07, 6.45) is 0.354. The van der Waals surface area contributed by atoms with Gasteiger partial charge in [0.2, 0.25) is 0 Å². The fourth-order valence-corrected chi connectivity index (χ4v) is 0.970. The molecular formula is C5H12O4S. The van der Waals surface area contributed by atoms with Crippen molar-refractivity contribution in [1.82, 2.24) is 0 Å². The fraction of sp³-hybridized carbons (Fsp3) is 1.00. The Morgan fingerprint density at radius 1 is 1.50 bits per heavy atom. The van der Waals surface area contributed by atoms with Crippen molar-refractivity contribution < 1.29 is 17.7 Å². The summed E-state index contributed by atoms with van der Waals surface area (Å²) in [5.41, 5.74) is 0. The second-order valence-electron chi connectivity index (χ2n) is 1.84. The van der Waals surface area contributed by atoms with Crippen molar-refractivity contribution in [3.63, 3.8) is 0 Å². The average Bonchev–Trinajstić information content (AvgIpc) is 1.78. The van der Waals surface area contributed by atoms with Crippen LogP contribution in [0.25, 0.3) is 0 Å². The van der Waals surface area contributed by atoms with Crippen LogP contribution < -0.4 is 0 Å². The molecule has 0 aliphatic rings. The lowest BCUT2D eigenvalue weighted by Gasteiger charge is -1.97.